The molecule has 7 heteroatoms. The zero-order chi connectivity index (χ0) is 14.7. The number of carbonyl (C=O) groups is 1. The molecule has 7 nitrogen and oxygen atoms in total. The molecule has 20 heavy (non-hydrogen) atoms. The van der Waals surface area contributed by atoms with Crippen LogP contribution in [0, 0.1) is 17.0 Å². The van der Waals surface area contributed by atoms with Crippen molar-refractivity contribution >= 4 is 11.7 Å². The van der Waals surface area contributed by atoms with Crippen LogP contribution in [0.25, 0.3) is 0 Å². The molecule has 1 fully saturated rings. The van der Waals surface area contributed by atoms with E-state index in [0.717, 1.165) is 32.2 Å². The van der Waals surface area contributed by atoms with Crippen molar-refractivity contribution in [1.82, 2.24) is 14.5 Å². The van der Waals surface area contributed by atoms with E-state index in [-0.39, 0.29) is 18.3 Å². The van der Waals surface area contributed by atoms with E-state index in [9.17, 15) is 14.9 Å². The van der Waals surface area contributed by atoms with Gasteiger partial charge in [-0.15, -0.1) is 0 Å². The molecule has 0 aliphatic carbocycles. The number of rotatable bonds is 4. The highest BCUT2D eigenvalue weighted by atomic mass is 16.6. The second-order valence-electron chi connectivity index (χ2n) is 5.18. The van der Waals surface area contributed by atoms with E-state index in [1.165, 1.54) is 6.20 Å². The van der Waals surface area contributed by atoms with Crippen LogP contribution in [0.15, 0.2) is 6.20 Å². The van der Waals surface area contributed by atoms with Gasteiger partial charge in [-0.25, -0.2) is 0 Å². The lowest BCUT2D eigenvalue weighted by molar-refractivity contribution is -0.389. The standard InChI is InChI=1S/C13H20N4O3/c1-3-11-6-4-5-7-16(11)13(18)9-15-8-12(17(19)20)14-10(15)2/h8,11H,3-7,9H2,1-2H3. The summed E-state index contributed by atoms with van der Waals surface area (Å²) in [5, 5.41) is 10.7. The molecule has 0 spiro atoms. The number of hydrogen-bond acceptors (Lipinski definition) is 4. The van der Waals surface area contributed by atoms with E-state index < -0.39 is 4.92 Å². The van der Waals surface area contributed by atoms with Crippen molar-refractivity contribution in [3.8, 4) is 0 Å². The van der Waals surface area contributed by atoms with E-state index in [0.29, 0.717) is 11.9 Å². The van der Waals surface area contributed by atoms with Crippen molar-refractivity contribution < 1.29 is 9.72 Å². The van der Waals surface area contributed by atoms with Gasteiger partial charge in [-0.2, -0.15) is 0 Å². The Bertz CT molecular complexity index is 512. The van der Waals surface area contributed by atoms with Gasteiger partial charge in [0.2, 0.25) is 11.7 Å². The monoisotopic (exact) mass is 280 g/mol. The van der Waals surface area contributed by atoms with Gasteiger partial charge in [-0.05, 0) is 35.6 Å². The minimum absolute atomic E-state index is 0.0203. The van der Waals surface area contributed by atoms with Gasteiger partial charge in [0, 0.05) is 19.5 Å². The summed E-state index contributed by atoms with van der Waals surface area (Å²) >= 11 is 0. The molecule has 1 amide bonds. The first-order valence-electron chi connectivity index (χ1n) is 7.00. The first-order valence-corrected chi connectivity index (χ1v) is 7.00. The Hall–Kier alpha value is -1.92. The highest BCUT2D eigenvalue weighted by molar-refractivity contribution is 5.76. The van der Waals surface area contributed by atoms with Crippen LogP contribution in [0.1, 0.15) is 38.4 Å². The molecule has 0 aromatic carbocycles. The summed E-state index contributed by atoms with van der Waals surface area (Å²) < 4.78 is 1.56. The number of aryl methyl sites for hydroxylation is 1. The first-order chi connectivity index (χ1) is 9.52. The quantitative estimate of drug-likeness (QED) is 0.623. The van der Waals surface area contributed by atoms with Crippen molar-refractivity contribution in [2.45, 2.75) is 52.1 Å². The minimum atomic E-state index is -0.538. The molecule has 1 aromatic heterocycles. The third-order valence-corrected chi connectivity index (χ3v) is 3.87. The fourth-order valence-corrected chi connectivity index (χ4v) is 2.73. The maximum atomic E-state index is 12.4. The Balaban J connectivity index is 2.08. The molecule has 1 aliphatic rings. The van der Waals surface area contributed by atoms with Gasteiger partial charge in [0.25, 0.3) is 0 Å². The van der Waals surface area contributed by atoms with Gasteiger partial charge < -0.3 is 15.0 Å². The van der Waals surface area contributed by atoms with Gasteiger partial charge in [-0.3, -0.25) is 9.36 Å². The minimum Gasteiger partial charge on any atom is -0.358 e. The number of imidazole rings is 1. The highest BCUT2D eigenvalue weighted by Gasteiger charge is 2.26. The molecule has 110 valence electrons. The number of aromatic nitrogens is 2. The Kier molecular flexibility index (Phi) is 4.36. The second-order valence-corrected chi connectivity index (χ2v) is 5.18. The van der Waals surface area contributed by atoms with Crippen LogP contribution in [-0.4, -0.2) is 37.9 Å². The number of amides is 1. The van der Waals surface area contributed by atoms with Crippen molar-refractivity contribution in [2.24, 2.45) is 0 Å². The van der Waals surface area contributed by atoms with Gasteiger partial charge in [-0.1, -0.05) is 6.92 Å². The molecule has 0 saturated carbocycles. The average molecular weight is 280 g/mol. The number of nitro groups is 1. The van der Waals surface area contributed by atoms with Gasteiger partial charge in [0.05, 0.1) is 0 Å². The third-order valence-electron chi connectivity index (χ3n) is 3.87. The maximum Gasteiger partial charge on any atom is 0.381 e. The zero-order valence-corrected chi connectivity index (χ0v) is 11.9. The van der Waals surface area contributed by atoms with Crippen molar-refractivity contribution in [3.63, 3.8) is 0 Å². The van der Waals surface area contributed by atoms with E-state index in [1.54, 1.807) is 11.5 Å². The lowest BCUT2D eigenvalue weighted by Gasteiger charge is -2.35. The summed E-state index contributed by atoms with van der Waals surface area (Å²) in [6, 6.07) is 0.301. The highest BCUT2D eigenvalue weighted by Crippen LogP contribution is 2.20. The van der Waals surface area contributed by atoms with Crippen LogP contribution in [0.3, 0.4) is 0 Å². The molecule has 2 heterocycles. The molecule has 1 atom stereocenters. The van der Waals surface area contributed by atoms with Crippen LogP contribution in [0.4, 0.5) is 5.82 Å². The Morgan fingerprint density at radius 2 is 2.30 bits per heavy atom. The molecule has 0 bridgehead atoms. The molecule has 0 N–H and O–H groups in total. The second kappa shape index (κ2) is 6.02. The van der Waals surface area contributed by atoms with Crippen molar-refractivity contribution in [3.05, 3.63) is 22.1 Å². The Morgan fingerprint density at radius 1 is 1.55 bits per heavy atom. The average Bonchev–Trinajstić information content (AvgIpc) is 2.80. The van der Waals surface area contributed by atoms with Crippen LogP contribution < -0.4 is 0 Å². The molecular formula is C13H20N4O3. The number of likely N-dealkylation sites (tertiary alicyclic amines) is 1. The third kappa shape index (κ3) is 2.97. The molecular weight excluding hydrogens is 260 g/mol. The number of carbonyl (C=O) groups excluding carboxylic acids is 1. The molecule has 1 unspecified atom stereocenters. The predicted molar refractivity (Wildman–Crippen MR) is 73.3 cm³/mol. The summed E-state index contributed by atoms with van der Waals surface area (Å²) in [6.07, 6.45) is 5.53. The Labute approximate surface area is 117 Å². The van der Waals surface area contributed by atoms with Crippen LogP contribution in [0.5, 0.6) is 0 Å². The van der Waals surface area contributed by atoms with Gasteiger partial charge in [0.1, 0.15) is 12.7 Å². The van der Waals surface area contributed by atoms with E-state index >= 15 is 0 Å². The number of piperidine rings is 1. The summed E-state index contributed by atoms with van der Waals surface area (Å²) in [4.78, 5) is 28.3. The fourth-order valence-electron chi connectivity index (χ4n) is 2.73. The van der Waals surface area contributed by atoms with Crippen molar-refractivity contribution in [2.75, 3.05) is 6.54 Å². The van der Waals surface area contributed by atoms with E-state index in [4.69, 9.17) is 0 Å². The van der Waals surface area contributed by atoms with E-state index in [1.807, 2.05) is 4.90 Å². The van der Waals surface area contributed by atoms with E-state index in [2.05, 4.69) is 11.9 Å². The zero-order valence-electron chi connectivity index (χ0n) is 11.9. The normalized spacial score (nSPS) is 19.1. The molecule has 1 aromatic rings. The lowest BCUT2D eigenvalue weighted by Crippen LogP contribution is -2.44. The predicted octanol–water partition coefficient (Wildman–Crippen LogP) is 1.89. The largest absolute Gasteiger partial charge is 0.381 e. The SMILES string of the molecule is CCC1CCCCN1C(=O)Cn1cc([N+](=O)[O-])nc1C. The van der Waals surface area contributed by atoms with Crippen LogP contribution >= 0.6 is 0 Å². The lowest BCUT2D eigenvalue weighted by atomic mass is 10.00. The van der Waals surface area contributed by atoms with Crippen LogP contribution in [0.2, 0.25) is 0 Å². The Morgan fingerprint density at radius 3 is 2.90 bits per heavy atom. The smallest absolute Gasteiger partial charge is 0.358 e. The van der Waals surface area contributed by atoms with Crippen LogP contribution in [-0.2, 0) is 11.3 Å². The first kappa shape index (κ1) is 14.5. The molecule has 1 aliphatic heterocycles. The summed E-state index contributed by atoms with van der Waals surface area (Å²) in [5.74, 6) is 0.308. The van der Waals surface area contributed by atoms with Crippen molar-refractivity contribution in [1.29, 1.82) is 0 Å². The molecule has 1 saturated heterocycles. The maximum absolute atomic E-state index is 12.4. The summed E-state index contributed by atoms with van der Waals surface area (Å²) in [5.41, 5.74) is 0. The van der Waals surface area contributed by atoms with Gasteiger partial charge >= 0.3 is 5.82 Å². The number of nitrogens with zero attached hydrogens (tertiary/aromatic N) is 4. The van der Waals surface area contributed by atoms with Gasteiger partial charge in [0.15, 0.2) is 0 Å². The fraction of sp³-hybridized carbons (Fsp3) is 0.692. The molecule has 2 rings (SSSR count). The topological polar surface area (TPSA) is 81.3 Å². The number of hydrogen-bond donors (Lipinski definition) is 0. The summed E-state index contributed by atoms with van der Waals surface area (Å²) in [7, 11) is 0. The molecule has 0 radical (unpaired) electrons. The summed E-state index contributed by atoms with van der Waals surface area (Å²) in [6.45, 7) is 4.67.